The topological polar surface area (TPSA) is 50.5 Å². The molecular formula is C16H18ClF3N4OS. The highest BCUT2D eigenvalue weighted by atomic mass is 35.5. The Morgan fingerprint density at radius 2 is 2.15 bits per heavy atom. The lowest BCUT2D eigenvalue weighted by Gasteiger charge is -2.35. The number of nitrogens with zero attached hydrogens (tertiary/aromatic N) is 4. The van der Waals surface area contributed by atoms with Crippen LogP contribution in [0.1, 0.15) is 38.2 Å². The first-order valence-electron chi connectivity index (χ1n) is 8.35. The second kappa shape index (κ2) is 7.64. The van der Waals surface area contributed by atoms with Crippen LogP contribution >= 0.6 is 23.4 Å². The fraction of sp³-hybridized carbons (Fsp3) is 0.562. The monoisotopic (exact) mass is 406 g/mol. The minimum atomic E-state index is -4.53. The molecular weight excluding hydrogens is 389 g/mol. The Hall–Kier alpha value is -1.48. The molecule has 1 amide bonds. The SMILES string of the molecule is CCC1CCCCN1C(=O)CSc1nnc2c(Cl)cc(C(F)(F)F)cn12. The van der Waals surface area contributed by atoms with Crippen molar-refractivity contribution in [1.29, 1.82) is 0 Å². The lowest BCUT2D eigenvalue weighted by atomic mass is 10.0. The summed E-state index contributed by atoms with van der Waals surface area (Å²) in [5.74, 6) is 0.0712. The molecule has 1 unspecified atom stereocenters. The molecule has 26 heavy (non-hydrogen) atoms. The van der Waals surface area contributed by atoms with Gasteiger partial charge < -0.3 is 4.90 Å². The number of pyridine rings is 1. The molecule has 1 aliphatic heterocycles. The number of halogens is 4. The van der Waals surface area contributed by atoms with Crippen molar-refractivity contribution in [2.75, 3.05) is 12.3 Å². The van der Waals surface area contributed by atoms with E-state index in [1.165, 1.54) is 4.40 Å². The summed E-state index contributed by atoms with van der Waals surface area (Å²) < 4.78 is 40.2. The van der Waals surface area contributed by atoms with Crippen LogP contribution in [0, 0.1) is 0 Å². The first-order valence-corrected chi connectivity index (χ1v) is 9.71. The van der Waals surface area contributed by atoms with E-state index in [1.807, 2.05) is 4.90 Å². The van der Waals surface area contributed by atoms with Gasteiger partial charge in [0.05, 0.1) is 16.3 Å². The Kier molecular flexibility index (Phi) is 5.67. The number of fused-ring (bicyclic) bond motifs is 1. The summed E-state index contributed by atoms with van der Waals surface area (Å²) in [4.78, 5) is 14.4. The summed E-state index contributed by atoms with van der Waals surface area (Å²) in [6.45, 7) is 2.78. The summed E-state index contributed by atoms with van der Waals surface area (Å²) >= 11 is 6.97. The first kappa shape index (κ1) is 19.3. The Balaban J connectivity index is 1.78. The molecule has 1 saturated heterocycles. The van der Waals surface area contributed by atoms with Crippen molar-refractivity contribution in [2.45, 2.75) is 50.0 Å². The maximum absolute atomic E-state index is 13.0. The summed E-state index contributed by atoms with van der Waals surface area (Å²) in [5.41, 5.74) is -0.746. The zero-order valence-electron chi connectivity index (χ0n) is 14.1. The summed E-state index contributed by atoms with van der Waals surface area (Å²) in [6, 6.07) is 1.06. The van der Waals surface area contributed by atoms with Crippen LogP contribution in [0.4, 0.5) is 13.2 Å². The van der Waals surface area contributed by atoms with Gasteiger partial charge in [0.25, 0.3) is 0 Å². The van der Waals surface area contributed by atoms with Crippen LogP contribution in [-0.4, -0.2) is 43.7 Å². The van der Waals surface area contributed by atoms with Gasteiger partial charge in [0, 0.05) is 18.8 Å². The molecule has 3 rings (SSSR count). The standard InChI is InChI=1S/C16H18ClF3N4OS/c1-2-11-5-3-4-6-23(11)13(25)9-26-15-22-21-14-12(17)7-10(8-24(14)15)16(18,19)20/h7-8,11H,2-6,9H2,1H3. The molecule has 2 aromatic rings. The molecule has 1 aliphatic rings. The van der Waals surface area contributed by atoms with Crippen LogP contribution < -0.4 is 0 Å². The van der Waals surface area contributed by atoms with Gasteiger partial charge in [-0.05, 0) is 31.7 Å². The fourth-order valence-electron chi connectivity index (χ4n) is 3.15. The summed E-state index contributed by atoms with van der Waals surface area (Å²) in [6.07, 6.45) is 0.361. The van der Waals surface area contributed by atoms with E-state index >= 15 is 0 Å². The highest BCUT2D eigenvalue weighted by Gasteiger charge is 2.32. The van der Waals surface area contributed by atoms with Gasteiger partial charge in [-0.3, -0.25) is 9.20 Å². The number of aromatic nitrogens is 3. The van der Waals surface area contributed by atoms with E-state index in [1.54, 1.807) is 0 Å². The van der Waals surface area contributed by atoms with Gasteiger partial charge in [-0.1, -0.05) is 30.3 Å². The Bertz CT molecular complexity index is 811. The van der Waals surface area contributed by atoms with E-state index in [4.69, 9.17) is 11.6 Å². The number of thioether (sulfide) groups is 1. The molecule has 0 N–H and O–H groups in total. The average molecular weight is 407 g/mol. The Labute approximate surface area is 157 Å². The van der Waals surface area contributed by atoms with Crippen molar-refractivity contribution >= 4 is 34.9 Å². The molecule has 0 aliphatic carbocycles. The Morgan fingerprint density at radius 3 is 2.85 bits per heavy atom. The summed E-state index contributed by atoms with van der Waals surface area (Å²) in [7, 11) is 0. The highest BCUT2D eigenvalue weighted by Crippen LogP contribution is 2.33. The van der Waals surface area contributed by atoms with Crippen LogP contribution in [0.3, 0.4) is 0 Å². The van der Waals surface area contributed by atoms with Crippen molar-refractivity contribution in [2.24, 2.45) is 0 Å². The fourth-order valence-corrected chi connectivity index (χ4v) is 4.19. The largest absolute Gasteiger partial charge is 0.417 e. The molecule has 3 heterocycles. The van der Waals surface area contributed by atoms with Crippen molar-refractivity contribution in [3.05, 3.63) is 22.8 Å². The molecule has 0 aromatic carbocycles. The van der Waals surface area contributed by atoms with Crippen LogP contribution in [-0.2, 0) is 11.0 Å². The van der Waals surface area contributed by atoms with E-state index < -0.39 is 11.7 Å². The number of carbonyl (C=O) groups excluding carboxylic acids is 1. The smallest absolute Gasteiger partial charge is 0.339 e. The van der Waals surface area contributed by atoms with Gasteiger partial charge >= 0.3 is 6.18 Å². The zero-order valence-corrected chi connectivity index (χ0v) is 15.7. The lowest BCUT2D eigenvalue weighted by Crippen LogP contribution is -2.44. The van der Waals surface area contributed by atoms with Gasteiger partial charge in [-0.2, -0.15) is 13.2 Å². The van der Waals surface area contributed by atoms with E-state index in [0.29, 0.717) is 0 Å². The van der Waals surface area contributed by atoms with E-state index in [0.717, 1.165) is 56.3 Å². The minimum absolute atomic E-state index is 0.0311. The summed E-state index contributed by atoms with van der Waals surface area (Å²) in [5, 5.41) is 7.80. The molecule has 10 heteroatoms. The van der Waals surface area contributed by atoms with E-state index in [2.05, 4.69) is 17.1 Å². The first-order chi connectivity index (χ1) is 12.3. The number of piperidine rings is 1. The molecule has 0 saturated carbocycles. The third kappa shape index (κ3) is 3.93. The molecule has 0 bridgehead atoms. The number of carbonyl (C=O) groups is 1. The van der Waals surface area contributed by atoms with Crippen molar-refractivity contribution in [3.63, 3.8) is 0 Å². The maximum atomic E-state index is 13.0. The normalized spacial score (nSPS) is 18.5. The molecule has 1 fully saturated rings. The number of alkyl halides is 3. The number of hydrogen-bond acceptors (Lipinski definition) is 4. The second-order valence-electron chi connectivity index (χ2n) is 6.18. The molecule has 0 radical (unpaired) electrons. The van der Waals surface area contributed by atoms with Crippen molar-refractivity contribution in [3.8, 4) is 0 Å². The van der Waals surface area contributed by atoms with Gasteiger partial charge in [-0.15, -0.1) is 10.2 Å². The van der Waals surface area contributed by atoms with Crippen LogP contribution in [0.2, 0.25) is 5.02 Å². The van der Waals surface area contributed by atoms with Crippen LogP contribution in [0.15, 0.2) is 17.4 Å². The Morgan fingerprint density at radius 1 is 1.38 bits per heavy atom. The molecule has 142 valence electrons. The zero-order chi connectivity index (χ0) is 18.9. The molecule has 5 nitrogen and oxygen atoms in total. The number of hydrogen-bond donors (Lipinski definition) is 0. The number of rotatable bonds is 4. The second-order valence-corrected chi connectivity index (χ2v) is 7.53. The quantitative estimate of drug-likeness (QED) is 0.711. The van der Waals surface area contributed by atoms with Crippen LogP contribution in [0.25, 0.3) is 5.65 Å². The van der Waals surface area contributed by atoms with Gasteiger partial charge in [0.2, 0.25) is 5.91 Å². The highest BCUT2D eigenvalue weighted by molar-refractivity contribution is 7.99. The predicted octanol–water partition coefficient (Wildman–Crippen LogP) is 4.28. The molecule has 2 aromatic heterocycles. The third-order valence-electron chi connectivity index (χ3n) is 4.50. The van der Waals surface area contributed by atoms with Gasteiger partial charge in [-0.25, -0.2) is 0 Å². The van der Waals surface area contributed by atoms with Crippen molar-refractivity contribution in [1.82, 2.24) is 19.5 Å². The van der Waals surface area contributed by atoms with E-state index in [-0.39, 0.29) is 33.5 Å². The van der Waals surface area contributed by atoms with E-state index in [9.17, 15) is 18.0 Å². The number of amides is 1. The predicted molar refractivity (Wildman–Crippen MR) is 93.4 cm³/mol. The van der Waals surface area contributed by atoms with Gasteiger partial charge in [0.1, 0.15) is 0 Å². The van der Waals surface area contributed by atoms with Gasteiger partial charge in [0.15, 0.2) is 10.8 Å². The van der Waals surface area contributed by atoms with Crippen LogP contribution in [0.5, 0.6) is 0 Å². The molecule has 1 atom stereocenters. The van der Waals surface area contributed by atoms with Crippen molar-refractivity contribution < 1.29 is 18.0 Å². The minimum Gasteiger partial charge on any atom is -0.339 e. The average Bonchev–Trinajstić information content (AvgIpc) is 3.02. The lowest BCUT2D eigenvalue weighted by molar-refractivity contribution is -0.138. The maximum Gasteiger partial charge on any atom is 0.417 e. The molecule has 0 spiro atoms. The number of likely N-dealkylation sites (tertiary alicyclic amines) is 1. The third-order valence-corrected chi connectivity index (χ3v) is 5.71.